The maximum absolute atomic E-state index is 13.8. The van der Waals surface area contributed by atoms with E-state index in [0.29, 0.717) is 28.0 Å². The first-order valence-electron chi connectivity index (χ1n) is 5.72. The number of rotatable bonds is 3. The molecule has 98 valence electrons. The zero-order valence-electron chi connectivity index (χ0n) is 10.1. The summed E-state index contributed by atoms with van der Waals surface area (Å²) in [6.07, 6.45) is 1.63. The van der Waals surface area contributed by atoms with Gasteiger partial charge in [-0.1, -0.05) is 11.3 Å². The highest BCUT2D eigenvalue weighted by Gasteiger charge is 2.11. The molecule has 3 aromatic rings. The molecule has 19 heavy (non-hydrogen) atoms. The smallest absolute Gasteiger partial charge is 0.214 e. The molecule has 0 bridgehead atoms. The molecular formula is C12H11FN4OS. The van der Waals surface area contributed by atoms with E-state index in [-0.39, 0.29) is 5.75 Å². The van der Waals surface area contributed by atoms with Crippen molar-refractivity contribution in [2.75, 3.05) is 12.3 Å². The monoisotopic (exact) mass is 278 g/mol. The summed E-state index contributed by atoms with van der Waals surface area (Å²) in [5.41, 5.74) is 6.25. The number of ether oxygens (including phenoxy) is 1. The second-order valence-electron chi connectivity index (χ2n) is 3.88. The fourth-order valence-electron chi connectivity index (χ4n) is 1.74. The Kier molecular flexibility index (Phi) is 2.83. The van der Waals surface area contributed by atoms with Crippen LogP contribution in [0.2, 0.25) is 0 Å². The van der Waals surface area contributed by atoms with Gasteiger partial charge < -0.3 is 10.5 Å². The van der Waals surface area contributed by atoms with Crippen LogP contribution in [0.25, 0.3) is 15.5 Å². The number of nitrogens with zero attached hydrogens (tertiary/aromatic N) is 3. The first kappa shape index (κ1) is 11.9. The normalized spacial score (nSPS) is 11.1. The fourth-order valence-corrected chi connectivity index (χ4v) is 2.62. The Bertz CT molecular complexity index is 705. The summed E-state index contributed by atoms with van der Waals surface area (Å²) in [6, 6.07) is 4.79. The Morgan fingerprint density at radius 1 is 1.47 bits per heavy atom. The third-order valence-corrected chi connectivity index (χ3v) is 3.51. The van der Waals surface area contributed by atoms with Gasteiger partial charge in [-0.3, -0.25) is 0 Å². The molecule has 2 N–H and O–H groups in total. The SMILES string of the molecule is CCOc1ccc(-c2nn3cc(N)nc3s2)cc1F. The van der Waals surface area contributed by atoms with Gasteiger partial charge in [-0.2, -0.15) is 5.10 Å². The standard InChI is InChI=1S/C12H11FN4OS/c1-2-18-9-4-3-7(5-8(9)13)11-16-17-6-10(14)15-12(17)19-11/h3-6H,2,14H2,1H3. The fraction of sp³-hybridized carbons (Fsp3) is 0.167. The van der Waals surface area contributed by atoms with Gasteiger partial charge in [0.1, 0.15) is 10.8 Å². The van der Waals surface area contributed by atoms with Gasteiger partial charge in [-0.05, 0) is 25.1 Å². The molecule has 0 spiro atoms. The van der Waals surface area contributed by atoms with Crippen molar-refractivity contribution >= 4 is 22.1 Å². The number of hydrogen-bond acceptors (Lipinski definition) is 5. The van der Waals surface area contributed by atoms with Crippen molar-refractivity contribution in [3.8, 4) is 16.3 Å². The van der Waals surface area contributed by atoms with E-state index in [4.69, 9.17) is 10.5 Å². The molecule has 0 aliphatic rings. The molecule has 1 aromatic carbocycles. The molecule has 0 unspecified atom stereocenters. The van der Waals surface area contributed by atoms with Crippen LogP contribution in [0.5, 0.6) is 5.75 Å². The molecule has 5 nitrogen and oxygen atoms in total. The number of benzene rings is 1. The predicted octanol–water partition coefficient (Wildman–Crippen LogP) is 2.58. The van der Waals surface area contributed by atoms with Gasteiger partial charge in [0.15, 0.2) is 11.6 Å². The third kappa shape index (κ3) is 2.12. The number of aromatic nitrogens is 3. The minimum absolute atomic E-state index is 0.247. The van der Waals surface area contributed by atoms with E-state index >= 15 is 0 Å². The summed E-state index contributed by atoms with van der Waals surface area (Å²) < 4.78 is 20.5. The van der Waals surface area contributed by atoms with Gasteiger partial charge in [-0.25, -0.2) is 13.9 Å². The number of anilines is 1. The van der Waals surface area contributed by atoms with Crippen molar-refractivity contribution in [3.63, 3.8) is 0 Å². The number of hydrogen-bond donors (Lipinski definition) is 1. The zero-order chi connectivity index (χ0) is 13.4. The molecule has 7 heteroatoms. The Hall–Kier alpha value is -2.15. The van der Waals surface area contributed by atoms with Gasteiger partial charge in [0.2, 0.25) is 4.96 Å². The lowest BCUT2D eigenvalue weighted by molar-refractivity contribution is 0.321. The molecule has 2 heterocycles. The first-order chi connectivity index (χ1) is 9.17. The number of imidazole rings is 1. The Labute approximate surface area is 112 Å². The molecule has 0 fully saturated rings. The van der Waals surface area contributed by atoms with Gasteiger partial charge in [-0.15, -0.1) is 0 Å². The van der Waals surface area contributed by atoms with E-state index in [1.165, 1.54) is 17.4 Å². The van der Waals surface area contributed by atoms with E-state index in [2.05, 4.69) is 10.1 Å². The molecule has 0 saturated heterocycles. The number of halogens is 1. The van der Waals surface area contributed by atoms with Crippen LogP contribution >= 0.6 is 11.3 Å². The summed E-state index contributed by atoms with van der Waals surface area (Å²) >= 11 is 1.35. The second kappa shape index (κ2) is 4.51. The average Bonchev–Trinajstić information content (AvgIpc) is 2.89. The van der Waals surface area contributed by atoms with Gasteiger partial charge >= 0.3 is 0 Å². The number of nitrogen functional groups attached to an aromatic ring is 1. The number of fused-ring (bicyclic) bond motifs is 1. The van der Waals surface area contributed by atoms with Crippen LogP contribution < -0.4 is 10.5 Å². The lowest BCUT2D eigenvalue weighted by Crippen LogP contribution is -1.94. The summed E-state index contributed by atoms with van der Waals surface area (Å²) in [4.78, 5) is 4.79. The van der Waals surface area contributed by atoms with E-state index < -0.39 is 5.82 Å². The molecule has 2 aromatic heterocycles. The van der Waals surface area contributed by atoms with Crippen molar-refractivity contribution in [3.05, 3.63) is 30.2 Å². The van der Waals surface area contributed by atoms with Crippen molar-refractivity contribution in [1.29, 1.82) is 0 Å². The minimum Gasteiger partial charge on any atom is -0.491 e. The van der Waals surface area contributed by atoms with Crippen LogP contribution in [-0.2, 0) is 0 Å². The Balaban J connectivity index is 2.00. The van der Waals surface area contributed by atoms with Crippen LogP contribution in [-0.4, -0.2) is 21.2 Å². The largest absolute Gasteiger partial charge is 0.491 e. The summed E-state index contributed by atoms with van der Waals surface area (Å²) in [5.74, 6) is 0.270. The maximum atomic E-state index is 13.8. The van der Waals surface area contributed by atoms with Crippen LogP contribution in [0.3, 0.4) is 0 Å². The lowest BCUT2D eigenvalue weighted by Gasteiger charge is -2.04. The third-order valence-electron chi connectivity index (χ3n) is 2.54. The van der Waals surface area contributed by atoms with Crippen LogP contribution in [0, 0.1) is 5.82 Å². The van der Waals surface area contributed by atoms with Crippen LogP contribution in [0.4, 0.5) is 10.2 Å². The minimum atomic E-state index is -0.397. The van der Waals surface area contributed by atoms with Crippen molar-refractivity contribution in [1.82, 2.24) is 14.6 Å². The first-order valence-corrected chi connectivity index (χ1v) is 6.53. The van der Waals surface area contributed by atoms with E-state index in [1.54, 1.807) is 22.8 Å². The molecule has 3 rings (SSSR count). The molecule has 0 radical (unpaired) electrons. The highest BCUT2D eigenvalue weighted by molar-refractivity contribution is 7.19. The summed E-state index contributed by atoms with van der Waals surface area (Å²) in [7, 11) is 0. The number of nitrogens with two attached hydrogens (primary N) is 1. The van der Waals surface area contributed by atoms with Crippen LogP contribution in [0.15, 0.2) is 24.4 Å². The predicted molar refractivity (Wildman–Crippen MR) is 71.8 cm³/mol. The quantitative estimate of drug-likeness (QED) is 0.799. The van der Waals surface area contributed by atoms with Gasteiger partial charge in [0.05, 0.1) is 12.8 Å². The molecule has 0 atom stereocenters. The molecule has 0 aliphatic carbocycles. The second-order valence-corrected chi connectivity index (χ2v) is 4.83. The van der Waals surface area contributed by atoms with Crippen molar-refractivity contribution in [2.45, 2.75) is 6.92 Å². The zero-order valence-corrected chi connectivity index (χ0v) is 10.9. The summed E-state index contributed by atoms with van der Waals surface area (Å²) in [5, 5.41) is 4.99. The van der Waals surface area contributed by atoms with E-state index in [1.807, 2.05) is 6.92 Å². The highest BCUT2D eigenvalue weighted by Crippen LogP contribution is 2.29. The lowest BCUT2D eigenvalue weighted by atomic mass is 10.2. The Morgan fingerprint density at radius 3 is 3.00 bits per heavy atom. The van der Waals surface area contributed by atoms with Crippen LogP contribution in [0.1, 0.15) is 6.92 Å². The Morgan fingerprint density at radius 2 is 2.32 bits per heavy atom. The van der Waals surface area contributed by atoms with E-state index in [0.717, 1.165) is 0 Å². The molecular weight excluding hydrogens is 267 g/mol. The molecule has 0 aliphatic heterocycles. The average molecular weight is 278 g/mol. The summed E-state index contributed by atoms with van der Waals surface area (Å²) in [6.45, 7) is 2.24. The van der Waals surface area contributed by atoms with Crippen molar-refractivity contribution in [2.24, 2.45) is 0 Å². The molecule has 0 saturated carbocycles. The molecule has 0 amide bonds. The van der Waals surface area contributed by atoms with Gasteiger partial charge in [0, 0.05) is 5.56 Å². The van der Waals surface area contributed by atoms with E-state index in [9.17, 15) is 4.39 Å². The highest BCUT2D eigenvalue weighted by atomic mass is 32.1. The maximum Gasteiger partial charge on any atom is 0.214 e. The van der Waals surface area contributed by atoms with Crippen molar-refractivity contribution < 1.29 is 9.13 Å². The topological polar surface area (TPSA) is 65.4 Å². The van der Waals surface area contributed by atoms with Gasteiger partial charge in [0.25, 0.3) is 0 Å².